The summed E-state index contributed by atoms with van der Waals surface area (Å²) in [5.74, 6) is -1.12. The minimum absolute atomic E-state index is 0.0432. The van der Waals surface area contributed by atoms with E-state index in [-0.39, 0.29) is 16.1 Å². The lowest BCUT2D eigenvalue weighted by atomic mass is 10.0. The molecule has 2 aromatic rings. The Kier molecular flexibility index (Phi) is 3.41. The van der Waals surface area contributed by atoms with Gasteiger partial charge in [0, 0.05) is 11.8 Å². The highest BCUT2D eigenvalue weighted by molar-refractivity contribution is 6.42. The van der Waals surface area contributed by atoms with E-state index in [1.54, 1.807) is 0 Å². The number of hydrogen-bond acceptors (Lipinski definition) is 2. The lowest BCUT2D eigenvalue weighted by Crippen LogP contribution is -2.04. The molecular formula is C12H6Cl2FNO. The Hall–Kier alpha value is -1.45. The summed E-state index contributed by atoms with van der Waals surface area (Å²) in [4.78, 5) is 15.5. The summed E-state index contributed by atoms with van der Waals surface area (Å²) in [5.41, 5.74) is 0.239. The summed E-state index contributed by atoms with van der Waals surface area (Å²) >= 11 is 11.5. The van der Waals surface area contributed by atoms with Crippen molar-refractivity contribution in [2.24, 2.45) is 0 Å². The Bertz CT molecular complexity index is 586. The van der Waals surface area contributed by atoms with E-state index < -0.39 is 11.6 Å². The summed E-state index contributed by atoms with van der Waals surface area (Å²) in [6.07, 6.45) is 2.35. The normalized spacial score (nSPS) is 10.3. The molecule has 86 valence electrons. The van der Waals surface area contributed by atoms with Crippen LogP contribution in [0.5, 0.6) is 0 Å². The van der Waals surface area contributed by atoms with Crippen LogP contribution in [0.25, 0.3) is 0 Å². The summed E-state index contributed by atoms with van der Waals surface area (Å²) in [6.45, 7) is 0. The van der Waals surface area contributed by atoms with Crippen LogP contribution in [0.1, 0.15) is 15.9 Å². The molecule has 2 rings (SSSR count). The van der Waals surface area contributed by atoms with Crippen LogP contribution < -0.4 is 0 Å². The van der Waals surface area contributed by atoms with E-state index in [4.69, 9.17) is 23.2 Å². The molecule has 0 radical (unpaired) electrons. The molecule has 0 fully saturated rings. The maximum absolute atomic E-state index is 13.4. The molecule has 0 saturated carbocycles. The zero-order valence-electron chi connectivity index (χ0n) is 8.45. The minimum atomic E-state index is -0.663. The Labute approximate surface area is 107 Å². The van der Waals surface area contributed by atoms with Gasteiger partial charge >= 0.3 is 0 Å². The average molecular weight is 270 g/mol. The lowest BCUT2D eigenvalue weighted by Gasteiger charge is -2.03. The minimum Gasteiger partial charge on any atom is -0.288 e. The molecule has 1 heterocycles. The van der Waals surface area contributed by atoms with Crippen LogP contribution >= 0.6 is 23.2 Å². The molecule has 2 nitrogen and oxygen atoms in total. The van der Waals surface area contributed by atoms with Crippen LogP contribution in [-0.4, -0.2) is 10.8 Å². The molecule has 1 aromatic heterocycles. The van der Waals surface area contributed by atoms with E-state index in [0.717, 1.165) is 6.20 Å². The number of pyridine rings is 1. The number of benzene rings is 1. The molecule has 0 aliphatic heterocycles. The van der Waals surface area contributed by atoms with E-state index in [2.05, 4.69) is 4.98 Å². The molecule has 0 atom stereocenters. The first kappa shape index (κ1) is 12.0. The molecule has 0 amide bonds. The third kappa shape index (κ3) is 2.46. The van der Waals surface area contributed by atoms with Gasteiger partial charge in [-0.05, 0) is 24.3 Å². The zero-order valence-corrected chi connectivity index (χ0v) is 9.97. The van der Waals surface area contributed by atoms with Crippen molar-refractivity contribution in [2.45, 2.75) is 0 Å². The molecular weight excluding hydrogens is 264 g/mol. The standard InChI is InChI=1S/C12H6Cl2FNO/c13-9-2-1-7(5-10(9)14)12(17)8-3-4-16-6-11(8)15/h1-6H. The molecule has 17 heavy (non-hydrogen) atoms. The second-order valence-corrected chi connectivity index (χ2v) is 4.13. The highest BCUT2D eigenvalue weighted by Gasteiger charge is 2.14. The summed E-state index contributed by atoms with van der Waals surface area (Å²) < 4.78 is 13.4. The van der Waals surface area contributed by atoms with Crippen LogP contribution in [0.15, 0.2) is 36.7 Å². The van der Waals surface area contributed by atoms with E-state index >= 15 is 0 Å². The number of nitrogens with zero attached hydrogens (tertiary/aromatic N) is 1. The Morgan fingerprint density at radius 1 is 1.18 bits per heavy atom. The predicted octanol–water partition coefficient (Wildman–Crippen LogP) is 3.76. The first-order valence-corrected chi connectivity index (χ1v) is 5.44. The monoisotopic (exact) mass is 269 g/mol. The van der Waals surface area contributed by atoms with Crippen molar-refractivity contribution in [2.75, 3.05) is 0 Å². The molecule has 0 aliphatic rings. The fraction of sp³-hybridized carbons (Fsp3) is 0. The molecule has 0 N–H and O–H groups in total. The van der Waals surface area contributed by atoms with Crippen molar-refractivity contribution >= 4 is 29.0 Å². The van der Waals surface area contributed by atoms with Gasteiger partial charge in [0.1, 0.15) is 0 Å². The van der Waals surface area contributed by atoms with Crippen molar-refractivity contribution in [3.63, 3.8) is 0 Å². The van der Waals surface area contributed by atoms with Gasteiger partial charge in [0.2, 0.25) is 0 Å². The van der Waals surface area contributed by atoms with Crippen LogP contribution in [0, 0.1) is 5.82 Å². The second-order valence-electron chi connectivity index (χ2n) is 3.31. The zero-order chi connectivity index (χ0) is 12.4. The third-order valence-electron chi connectivity index (χ3n) is 2.20. The average Bonchev–Trinajstić information content (AvgIpc) is 2.32. The van der Waals surface area contributed by atoms with Gasteiger partial charge in [-0.25, -0.2) is 4.39 Å². The number of carbonyl (C=O) groups excluding carboxylic acids is 1. The number of halogens is 3. The van der Waals surface area contributed by atoms with Gasteiger partial charge in [-0.2, -0.15) is 0 Å². The van der Waals surface area contributed by atoms with Crippen molar-refractivity contribution in [1.82, 2.24) is 4.98 Å². The molecule has 0 bridgehead atoms. The number of hydrogen-bond donors (Lipinski definition) is 0. The number of carbonyl (C=O) groups is 1. The first-order valence-electron chi connectivity index (χ1n) is 4.69. The van der Waals surface area contributed by atoms with E-state index in [1.165, 1.54) is 30.5 Å². The fourth-order valence-corrected chi connectivity index (χ4v) is 1.65. The molecule has 0 spiro atoms. The Morgan fingerprint density at radius 3 is 2.59 bits per heavy atom. The number of ketones is 1. The van der Waals surface area contributed by atoms with E-state index in [0.29, 0.717) is 5.02 Å². The van der Waals surface area contributed by atoms with Gasteiger partial charge in [-0.1, -0.05) is 23.2 Å². The largest absolute Gasteiger partial charge is 0.288 e. The van der Waals surface area contributed by atoms with Crippen LogP contribution in [0.4, 0.5) is 4.39 Å². The molecule has 0 unspecified atom stereocenters. The lowest BCUT2D eigenvalue weighted by molar-refractivity contribution is 0.103. The van der Waals surface area contributed by atoms with Crippen molar-refractivity contribution < 1.29 is 9.18 Å². The predicted molar refractivity (Wildman–Crippen MR) is 64.1 cm³/mol. The fourth-order valence-electron chi connectivity index (χ4n) is 1.35. The van der Waals surface area contributed by atoms with Crippen molar-refractivity contribution in [3.8, 4) is 0 Å². The van der Waals surface area contributed by atoms with E-state index in [1.807, 2.05) is 0 Å². The van der Waals surface area contributed by atoms with Gasteiger partial charge in [0.05, 0.1) is 21.8 Å². The molecule has 5 heteroatoms. The summed E-state index contributed by atoms with van der Waals surface area (Å²) in [5, 5.41) is 0.602. The Balaban J connectivity index is 2.44. The summed E-state index contributed by atoms with van der Waals surface area (Å²) in [6, 6.07) is 5.72. The molecule has 1 aromatic carbocycles. The maximum atomic E-state index is 13.4. The first-order chi connectivity index (χ1) is 8.09. The van der Waals surface area contributed by atoms with Gasteiger partial charge in [0.15, 0.2) is 11.6 Å². The van der Waals surface area contributed by atoms with Gasteiger partial charge in [-0.15, -0.1) is 0 Å². The number of aromatic nitrogens is 1. The van der Waals surface area contributed by atoms with E-state index in [9.17, 15) is 9.18 Å². The van der Waals surface area contributed by atoms with Crippen molar-refractivity contribution in [3.05, 3.63) is 63.6 Å². The topological polar surface area (TPSA) is 30.0 Å². The quantitative estimate of drug-likeness (QED) is 0.778. The van der Waals surface area contributed by atoms with Crippen LogP contribution in [0.3, 0.4) is 0 Å². The van der Waals surface area contributed by atoms with Gasteiger partial charge in [0.25, 0.3) is 0 Å². The highest BCUT2D eigenvalue weighted by atomic mass is 35.5. The van der Waals surface area contributed by atoms with Crippen LogP contribution in [0.2, 0.25) is 10.0 Å². The van der Waals surface area contributed by atoms with Crippen LogP contribution in [-0.2, 0) is 0 Å². The molecule has 0 aliphatic carbocycles. The smallest absolute Gasteiger partial charge is 0.196 e. The highest BCUT2D eigenvalue weighted by Crippen LogP contribution is 2.24. The maximum Gasteiger partial charge on any atom is 0.196 e. The third-order valence-corrected chi connectivity index (χ3v) is 2.94. The Morgan fingerprint density at radius 2 is 1.94 bits per heavy atom. The SMILES string of the molecule is O=C(c1ccc(Cl)c(Cl)c1)c1ccncc1F. The van der Waals surface area contributed by atoms with Gasteiger partial charge < -0.3 is 0 Å². The number of rotatable bonds is 2. The second kappa shape index (κ2) is 4.82. The molecule has 0 saturated heterocycles. The summed E-state index contributed by atoms with van der Waals surface area (Å²) in [7, 11) is 0. The van der Waals surface area contributed by atoms with Crippen molar-refractivity contribution in [1.29, 1.82) is 0 Å². The van der Waals surface area contributed by atoms with Gasteiger partial charge in [-0.3, -0.25) is 9.78 Å².